The first kappa shape index (κ1) is 87.5. The van der Waals surface area contributed by atoms with Crippen LogP contribution in [0.15, 0.2) is 97.2 Å². The maximum atomic E-state index is 12.9. The van der Waals surface area contributed by atoms with Crippen molar-refractivity contribution in [2.75, 3.05) is 39.6 Å². The number of hydrogen-bond donors (Lipinski definition) is 4. The molecule has 16 nitrogen and oxygen atoms in total. The van der Waals surface area contributed by atoms with Gasteiger partial charge in [0.2, 0.25) is 0 Å². The number of phosphoric ester groups is 2. The highest BCUT2D eigenvalue weighted by Crippen LogP contribution is 2.45. The third-order valence-corrected chi connectivity index (χ3v) is 16.7. The number of rotatable bonds is 67. The van der Waals surface area contributed by atoms with Crippen molar-refractivity contribution in [3.8, 4) is 0 Å². The fourth-order valence-electron chi connectivity index (χ4n) is 9.44. The number of hydrogen-bond acceptors (Lipinski definition) is 14. The SMILES string of the molecule is CC/C=C\C/C=C\C/C=C\C/C=C\C/C=C\CCCCCCCCCCCCCCCC(=O)OCC(O)COP(=O)(O)OCC(O)COP(=O)(O)OCC(COC(=O)CCCCCCC/C=C\C/C=C\C/C=C\CC)OC(=O)CCCCCCCCCCCCC. The number of carbonyl (C=O) groups excluding carboxylic acids is 3. The van der Waals surface area contributed by atoms with Gasteiger partial charge < -0.3 is 34.2 Å². The Balaban J connectivity index is 4.40. The average molecular weight is 1320 g/mol. The summed E-state index contributed by atoms with van der Waals surface area (Å²) in [5, 5.41) is 20.6. The zero-order valence-corrected chi connectivity index (χ0v) is 58.8. The highest BCUT2D eigenvalue weighted by atomic mass is 31.2. The molecule has 91 heavy (non-hydrogen) atoms. The summed E-state index contributed by atoms with van der Waals surface area (Å²) >= 11 is 0. The molecule has 0 aliphatic rings. The van der Waals surface area contributed by atoms with Crippen LogP contribution in [0.5, 0.6) is 0 Å². The number of ether oxygens (including phenoxy) is 3. The van der Waals surface area contributed by atoms with Gasteiger partial charge in [0.15, 0.2) is 6.10 Å². The van der Waals surface area contributed by atoms with Crippen molar-refractivity contribution in [1.82, 2.24) is 0 Å². The molecule has 0 heterocycles. The van der Waals surface area contributed by atoms with Crippen LogP contribution in [0.3, 0.4) is 0 Å². The van der Waals surface area contributed by atoms with Gasteiger partial charge in [-0.25, -0.2) is 9.13 Å². The van der Waals surface area contributed by atoms with Crippen molar-refractivity contribution >= 4 is 33.6 Å². The van der Waals surface area contributed by atoms with Crippen molar-refractivity contribution in [2.24, 2.45) is 0 Å². The molecule has 0 fully saturated rings. The molecule has 0 radical (unpaired) electrons. The Kier molecular flexibility index (Phi) is 63.9. The molecule has 18 heteroatoms. The summed E-state index contributed by atoms with van der Waals surface area (Å²) in [6.07, 6.45) is 73.4. The van der Waals surface area contributed by atoms with Gasteiger partial charge in [-0.1, -0.05) is 272 Å². The quantitative estimate of drug-likeness (QED) is 0.0146. The Bertz CT molecular complexity index is 2050. The normalized spacial score (nSPS) is 14.8. The first-order valence-electron chi connectivity index (χ1n) is 35.5. The Labute approximate surface area is 552 Å². The maximum Gasteiger partial charge on any atom is 0.472 e. The summed E-state index contributed by atoms with van der Waals surface area (Å²) < 4.78 is 60.8. The van der Waals surface area contributed by atoms with Crippen molar-refractivity contribution in [1.29, 1.82) is 0 Å². The van der Waals surface area contributed by atoms with Crippen LogP contribution in [0, 0.1) is 0 Å². The molecule has 5 atom stereocenters. The maximum absolute atomic E-state index is 12.9. The number of aliphatic hydroxyl groups excluding tert-OH is 2. The number of unbranched alkanes of at least 4 members (excludes halogenated alkanes) is 28. The minimum atomic E-state index is -4.92. The lowest BCUT2D eigenvalue weighted by atomic mass is 10.0. The van der Waals surface area contributed by atoms with Gasteiger partial charge in [0.25, 0.3) is 0 Å². The molecule has 0 aliphatic carbocycles. The van der Waals surface area contributed by atoms with E-state index in [4.69, 9.17) is 32.3 Å². The molecule has 0 aliphatic heterocycles. The van der Waals surface area contributed by atoms with Crippen LogP contribution < -0.4 is 0 Å². The summed E-state index contributed by atoms with van der Waals surface area (Å²) in [5.74, 6) is -1.59. The van der Waals surface area contributed by atoms with E-state index in [0.29, 0.717) is 19.3 Å². The van der Waals surface area contributed by atoms with Crippen molar-refractivity contribution < 1.29 is 75.8 Å². The van der Waals surface area contributed by atoms with Gasteiger partial charge in [0.1, 0.15) is 25.4 Å². The number of carbonyl (C=O) groups is 3. The first-order chi connectivity index (χ1) is 44.2. The molecule has 4 N–H and O–H groups in total. The minimum Gasteiger partial charge on any atom is -0.463 e. The number of aliphatic hydroxyl groups is 2. The molecular weight excluding hydrogens is 1190 g/mol. The number of allylic oxidation sites excluding steroid dienone is 16. The van der Waals surface area contributed by atoms with Crippen LogP contribution in [0.1, 0.15) is 290 Å². The van der Waals surface area contributed by atoms with E-state index < -0.39 is 91.5 Å². The molecule has 0 rings (SSSR count). The molecule has 0 bridgehead atoms. The zero-order valence-electron chi connectivity index (χ0n) is 57.0. The van der Waals surface area contributed by atoms with Gasteiger partial charge in [-0.3, -0.25) is 32.5 Å². The fourth-order valence-corrected chi connectivity index (χ4v) is 11.0. The first-order valence-corrected chi connectivity index (χ1v) is 38.5. The Morgan fingerprint density at radius 1 is 0.319 bits per heavy atom. The summed E-state index contributed by atoms with van der Waals surface area (Å²) in [6.45, 7) is 2.42. The second-order valence-corrected chi connectivity index (χ2v) is 26.5. The Morgan fingerprint density at radius 2 is 0.582 bits per heavy atom. The van der Waals surface area contributed by atoms with Gasteiger partial charge in [-0.05, 0) is 96.3 Å². The van der Waals surface area contributed by atoms with Crippen LogP contribution in [0.2, 0.25) is 0 Å². The molecule has 526 valence electrons. The largest absolute Gasteiger partial charge is 0.472 e. The van der Waals surface area contributed by atoms with Gasteiger partial charge in [-0.15, -0.1) is 0 Å². The Morgan fingerprint density at radius 3 is 0.923 bits per heavy atom. The second kappa shape index (κ2) is 66.5. The second-order valence-electron chi connectivity index (χ2n) is 23.6. The van der Waals surface area contributed by atoms with Crippen molar-refractivity contribution in [3.05, 3.63) is 97.2 Å². The van der Waals surface area contributed by atoms with E-state index in [-0.39, 0.29) is 19.3 Å². The van der Waals surface area contributed by atoms with Crippen molar-refractivity contribution in [2.45, 2.75) is 309 Å². The summed E-state index contributed by atoms with van der Waals surface area (Å²) in [7, 11) is -9.77. The highest BCUT2D eigenvalue weighted by Gasteiger charge is 2.29. The van der Waals surface area contributed by atoms with Gasteiger partial charge in [0.05, 0.1) is 26.4 Å². The van der Waals surface area contributed by atoms with Gasteiger partial charge >= 0.3 is 33.6 Å². The monoisotopic (exact) mass is 1320 g/mol. The predicted molar refractivity (Wildman–Crippen MR) is 371 cm³/mol. The van der Waals surface area contributed by atoms with Crippen LogP contribution in [0.25, 0.3) is 0 Å². The van der Waals surface area contributed by atoms with E-state index >= 15 is 0 Å². The van der Waals surface area contributed by atoms with E-state index in [0.717, 1.165) is 135 Å². The highest BCUT2D eigenvalue weighted by molar-refractivity contribution is 7.47. The van der Waals surface area contributed by atoms with E-state index in [9.17, 15) is 43.5 Å². The van der Waals surface area contributed by atoms with Crippen molar-refractivity contribution in [3.63, 3.8) is 0 Å². The molecular formula is C73H128O16P2. The number of esters is 3. The lowest BCUT2D eigenvalue weighted by Gasteiger charge is -2.21. The number of phosphoric acid groups is 2. The molecule has 0 amide bonds. The Hall–Kier alpha value is -3.53. The summed E-state index contributed by atoms with van der Waals surface area (Å²) in [5.41, 5.74) is 0. The average Bonchev–Trinajstić information content (AvgIpc) is 3.72. The molecule has 0 aromatic heterocycles. The van der Waals surface area contributed by atoms with E-state index in [1.807, 2.05) is 0 Å². The van der Waals surface area contributed by atoms with E-state index in [1.165, 1.54) is 96.3 Å². The summed E-state index contributed by atoms with van der Waals surface area (Å²) in [6, 6.07) is 0. The van der Waals surface area contributed by atoms with E-state index in [2.05, 4.69) is 118 Å². The third-order valence-electron chi connectivity index (χ3n) is 14.8. The molecule has 0 saturated carbocycles. The topological polar surface area (TPSA) is 231 Å². The predicted octanol–water partition coefficient (Wildman–Crippen LogP) is 19.9. The van der Waals surface area contributed by atoms with E-state index in [1.54, 1.807) is 0 Å². The van der Waals surface area contributed by atoms with Crippen LogP contribution in [-0.2, 0) is 55.8 Å². The fraction of sp³-hybridized carbons (Fsp3) is 0.740. The molecule has 5 unspecified atom stereocenters. The van der Waals surface area contributed by atoms with Crippen LogP contribution >= 0.6 is 15.6 Å². The smallest absolute Gasteiger partial charge is 0.463 e. The zero-order chi connectivity index (χ0) is 66.7. The lowest BCUT2D eigenvalue weighted by Crippen LogP contribution is -2.30. The minimum absolute atomic E-state index is 0.104. The molecule has 0 spiro atoms. The summed E-state index contributed by atoms with van der Waals surface area (Å²) in [4.78, 5) is 58.3. The van der Waals surface area contributed by atoms with Gasteiger partial charge in [0, 0.05) is 19.3 Å². The van der Waals surface area contributed by atoms with Gasteiger partial charge in [-0.2, -0.15) is 0 Å². The lowest BCUT2D eigenvalue weighted by molar-refractivity contribution is -0.161. The van der Waals surface area contributed by atoms with Crippen LogP contribution in [0.4, 0.5) is 0 Å². The molecule has 0 aromatic rings. The standard InChI is InChI=1S/C73H128O16P2/c1-4-7-10-13-16-19-22-24-26-27-28-29-30-31-32-33-34-35-36-37-38-39-41-43-45-47-50-53-56-59-71(76)83-62-68(74)63-85-90(79,80)86-64-69(75)65-87-91(81,82)88-67-70(89-73(78)61-58-55-52-49-44-21-18-15-12-9-6-3)66-84-72(77)60-57-54-51-48-46-42-40-25-23-20-17-14-11-8-5-2/h7-8,10-11,16-17,19-20,24-26,28-29,31-32,40,68-70,74-75H,4-6,9,12-15,18,21-23,27,30,33-39,41-67H2,1-3H3,(H,79,80)(H,81,82)/b10-7-,11-8-,19-16-,20-17-,26-24-,29-28-,32-31-,40-25-. The van der Waals surface area contributed by atoms with Crippen LogP contribution in [-0.4, -0.2) is 95.9 Å². The molecule has 0 saturated heterocycles. The molecule has 0 aromatic carbocycles. The third kappa shape index (κ3) is 67.7.